The molecule has 1 amide bonds. The van der Waals surface area contributed by atoms with E-state index in [0.29, 0.717) is 21.6 Å². The number of thioether (sulfide) groups is 1. The molecule has 2 aromatic rings. The molecule has 0 N–H and O–H groups in total. The van der Waals surface area contributed by atoms with E-state index < -0.39 is 9.84 Å². The van der Waals surface area contributed by atoms with Crippen molar-refractivity contribution in [3.63, 3.8) is 0 Å². The number of ether oxygens (including phenoxy) is 1. The first-order valence-electron chi connectivity index (χ1n) is 9.12. The standard InChI is InChI=1S/C20H18BrClN2O4S2/c1-28-17-5-3-2-4-12(17)8-19(25)23-20-24(15-7-6-13(21)9-14(15)22)16-10-30(26,27)11-18(16)29-20/h2-7,9,16,18H,8,10-11H2,1H3/t16-,18-/m1/s1. The van der Waals surface area contributed by atoms with Gasteiger partial charge < -0.3 is 9.64 Å². The molecule has 2 aliphatic rings. The lowest BCUT2D eigenvalue weighted by Crippen LogP contribution is -2.38. The summed E-state index contributed by atoms with van der Waals surface area (Å²) >= 11 is 11.2. The van der Waals surface area contributed by atoms with Crippen LogP contribution >= 0.6 is 39.3 Å². The summed E-state index contributed by atoms with van der Waals surface area (Å²) in [4.78, 5) is 18.9. The number of nitrogens with zero attached hydrogens (tertiary/aromatic N) is 2. The first kappa shape index (κ1) is 21.7. The third kappa shape index (κ3) is 4.39. The molecule has 0 aromatic heterocycles. The van der Waals surface area contributed by atoms with Crippen LogP contribution in [0.15, 0.2) is 51.9 Å². The van der Waals surface area contributed by atoms with Gasteiger partial charge in [0, 0.05) is 15.3 Å². The van der Waals surface area contributed by atoms with Gasteiger partial charge in [0.25, 0.3) is 5.91 Å². The lowest BCUT2D eigenvalue weighted by Gasteiger charge is -2.25. The summed E-state index contributed by atoms with van der Waals surface area (Å²) in [7, 11) is -1.59. The normalized spacial score (nSPS) is 23.6. The third-order valence-corrected chi connectivity index (χ3v) is 9.00. The van der Waals surface area contributed by atoms with Crippen LogP contribution < -0.4 is 9.64 Å². The van der Waals surface area contributed by atoms with Crippen LogP contribution in [0, 0.1) is 0 Å². The average molecular weight is 530 g/mol. The molecule has 2 heterocycles. The largest absolute Gasteiger partial charge is 0.496 e. The number of amides is 1. The van der Waals surface area contributed by atoms with Gasteiger partial charge >= 0.3 is 0 Å². The molecular weight excluding hydrogens is 512 g/mol. The van der Waals surface area contributed by atoms with Crippen LogP contribution in [0.3, 0.4) is 0 Å². The minimum Gasteiger partial charge on any atom is -0.496 e. The molecule has 0 bridgehead atoms. The van der Waals surface area contributed by atoms with Crippen LogP contribution in [0.1, 0.15) is 5.56 Å². The molecule has 4 rings (SSSR count). The van der Waals surface area contributed by atoms with Gasteiger partial charge in [-0.05, 0) is 24.3 Å². The monoisotopic (exact) mass is 528 g/mol. The zero-order valence-electron chi connectivity index (χ0n) is 15.9. The van der Waals surface area contributed by atoms with E-state index >= 15 is 0 Å². The number of sulfone groups is 1. The number of carbonyl (C=O) groups is 1. The molecule has 158 valence electrons. The molecule has 6 nitrogen and oxygen atoms in total. The Morgan fingerprint density at radius 3 is 2.80 bits per heavy atom. The van der Waals surface area contributed by atoms with Crippen molar-refractivity contribution in [1.82, 2.24) is 0 Å². The quantitative estimate of drug-likeness (QED) is 0.597. The zero-order chi connectivity index (χ0) is 21.5. The second kappa shape index (κ2) is 8.53. The number of methoxy groups -OCH3 is 1. The Morgan fingerprint density at radius 1 is 1.30 bits per heavy atom. The van der Waals surface area contributed by atoms with E-state index in [-0.39, 0.29) is 35.1 Å². The molecule has 0 saturated carbocycles. The SMILES string of the molecule is COc1ccccc1CC(=O)N=C1S[C@@H]2CS(=O)(=O)C[C@H]2N1c1ccc(Br)cc1Cl. The van der Waals surface area contributed by atoms with Gasteiger partial charge in [0.05, 0.1) is 41.8 Å². The molecule has 2 atom stereocenters. The smallest absolute Gasteiger partial charge is 0.252 e. The summed E-state index contributed by atoms with van der Waals surface area (Å²) in [6, 6.07) is 12.4. The molecule has 30 heavy (non-hydrogen) atoms. The van der Waals surface area contributed by atoms with Gasteiger partial charge in [-0.15, -0.1) is 0 Å². The number of hydrogen-bond acceptors (Lipinski definition) is 5. The number of anilines is 1. The highest BCUT2D eigenvalue weighted by atomic mass is 79.9. The van der Waals surface area contributed by atoms with Crippen molar-refractivity contribution < 1.29 is 17.9 Å². The van der Waals surface area contributed by atoms with Crippen LogP contribution in [-0.2, 0) is 21.1 Å². The molecule has 2 saturated heterocycles. The Balaban J connectivity index is 1.68. The Hall–Kier alpha value is -1.55. The first-order valence-corrected chi connectivity index (χ1v) is 13.0. The topological polar surface area (TPSA) is 76.0 Å². The van der Waals surface area contributed by atoms with E-state index in [9.17, 15) is 13.2 Å². The Labute approximate surface area is 192 Å². The van der Waals surface area contributed by atoms with Gasteiger partial charge in [0.15, 0.2) is 15.0 Å². The molecule has 0 aliphatic carbocycles. The van der Waals surface area contributed by atoms with Crippen molar-refractivity contribution >= 4 is 65.9 Å². The number of aliphatic imine (C=N–C) groups is 1. The van der Waals surface area contributed by atoms with Crippen LogP contribution in [0.25, 0.3) is 0 Å². The molecule has 0 spiro atoms. The number of para-hydroxylation sites is 1. The van der Waals surface area contributed by atoms with Crippen LogP contribution in [0.4, 0.5) is 5.69 Å². The number of benzene rings is 2. The van der Waals surface area contributed by atoms with Gasteiger partial charge in [-0.3, -0.25) is 4.79 Å². The predicted molar refractivity (Wildman–Crippen MR) is 125 cm³/mol. The van der Waals surface area contributed by atoms with Gasteiger partial charge in [-0.2, -0.15) is 4.99 Å². The average Bonchev–Trinajstić information content (AvgIpc) is 3.13. The maximum Gasteiger partial charge on any atom is 0.252 e. The summed E-state index contributed by atoms with van der Waals surface area (Å²) in [5.41, 5.74) is 1.38. The van der Waals surface area contributed by atoms with E-state index in [1.54, 1.807) is 30.2 Å². The maximum atomic E-state index is 12.8. The van der Waals surface area contributed by atoms with E-state index in [2.05, 4.69) is 20.9 Å². The van der Waals surface area contributed by atoms with Gasteiger partial charge in [-0.25, -0.2) is 8.42 Å². The number of carbonyl (C=O) groups excluding carboxylic acids is 1. The van der Waals surface area contributed by atoms with Gasteiger partial charge in [-0.1, -0.05) is 57.5 Å². The van der Waals surface area contributed by atoms with Crippen molar-refractivity contribution in [2.75, 3.05) is 23.5 Å². The third-order valence-electron chi connectivity index (χ3n) is 4.99. The minimum absolute atomic E-state index is 0.0107. The van der Waals surface area contributed by atoms with E-state index in [1.807, 2.05) is 24.3 Å². The van der Waals surface area contributed by atoms with Crippen molar-refractivity contribution in [2.45, 2.75) is 17.7 Å². The van der Waals surface area contributed by atoms with Crippen LogP contribution in [0.5, 0.6) is 5.75 Å². The summed E-state index contributed by atoms with van der Waals surface area (Å²) < 4.78 is 30.5. The van der Waals surface area contributed by atoms with E-state index in [0.717, 1.165) is 10.0 Å². The van der Waals surface area contributed by atoms with E-state index in [4.69, 9.17) is 16.3 Å². The lowest BCUT2D eigenvalue weighted by atomic mass is 10.1. The fraction of sp³-hybridized carbons (Fsp3) is 0.300. The number of amidine groups is 1. The molecule has 2 fully saturated rings. The molecule has 2 aromatic carbocycles. The Kier molecular flexibility index (Phi) is 6.16. The summed E-state index contributed by atoms with van der Waals surface area (Å²) in [5, 5.41) is 0.747. The number of rotatable bonds is 4. The lowest BCUT2D eigenvalue weighted by molar-refractivity contribution is -0.117. The molecule has 2 aliphatic heterocycles. The Bertz CT molecular complexity index is 1140. The highest BCUT2D eigenvalue weighted by molar-refractivity contribution is 9.10. The summed E-state index contributed by atoms with van der Waals surface area (Å²) in [5.74, 6) is 0.368. The number of fused-ring (bicyclic) bond motifs is 1. The predicted octanol–water partition coefficient (Wildman–Crippen LogP) is 3.96. The fourth-order valence-electron chi connectivity index (χ4n) is 3.68. The molecule has 0 unspecified atom stereocenters. The van der Waals surface area contributed by atoms with Crippen LogP contribution in [-0.4, -0.2) is 49.4 Å². The second-order valence-corrected chi connectivity index (χ2v) is 11.7. The van der Waals surface area contributed by atoms with Crippen molar-refractivity contribution in [3.05, 3.63) is 57.5 Å². The van der Waals surface area contributed by atoms with Crippen molar-refractivity contribution in [1.29, 1.82) is 0 Å². The highest BCUT2D eigenvalue weighted by Gasteiger charge is 2.49. The fourth-order valence-corrected chi connectivity index (χ4v) is 8.37. The van der Waals surface area contributed by atoms with Crippen LogP contribution in [0.2, 0.25) is 5.02 Å². The summed E-state index contributed by atoms with van der Waals surface area (Å²) in [6.07, 6.45) is 0.0869. The van der Waals surface area contributed by atoms with Gasteiger partial charge in [0.1, 0.15) is 5.75 Å². The Morgan fingerprint density at radius 2 is 2.07 bits per heavy atom. The number of hydrogen-bond donors (Lipinski definition) is 0. The number of halogens is 2. The first-order chi connectivity index (χ1) is 14.3. The minimum atomic E-state index is -3.15. The van der Waals surface area contributed by atoms with Crippen molar-refractivity contribution in [3.8, 4) is 5.75 Å². The summed E-state index contributed by atoms with van der Waals surface area (Å²) in [6.45, 7) is 0. The van der Waals surface area contributed by atoms with Crippen molar-refractivity contribution in [2.24, 2.45) is 4.99 Å². The highest BCUT2D eigenvalue weighted by Crippen LogP contribution is 2.43. The maximum absolute atomic E-state index is 12.8. The van der Waals surface area contributed by atoms with E-state index in [1.165, 1.54) is 11.8 Å². The molecular formula is C20H18BrClN2O4S2. The molecule has 10 heteroatoms. The zero-order valence-corrected chi connectivity index (χ0v) is 19.9. The molecule has 0 radical (unpaired) electrons. The van der Waals surface area contributed by atoms with Gasteiger partial charge in [0.2, 0.25) is 0 Å². The second-order valence-electron chi connectivity index (χ2n) is 7.04.